The monoisotopic (exact) mass is 367 g/mol. The standard InChI is InChI=1S/C20H18ClN3O2/c1-9-5-6-13-7-14(19(21)24-18(13)10(9)2)17-15(8-22)20(23)26-12(4)16(17)11(3)25/h5-7,17H,23H2,1-4H3/t17-/m0/s1. The summed E-state index contributed by atoms with van der Waals surface area (Å²) in [5, 5.41) is 10.7. The Morgan fingerprint density at radius 1 is 1.35 bits per heavy atom. The average molecular weight is 368 g/mol. The number of nitrogens with zero attached hydrogens (tertiary/aromatic N) is 2. The maximum atomic E-state index is 12.3. The van der Waals surface area contributed by atoms with Gasteiger partial charge in [-0.3, -0.25) is 4.79 Å². The molecule has 0 unspecified atom stereocenters. The van der Waals surface area contributed by atoms with Crippen LogP contribution in [0.5, 0.6) is 0 Å². The number of rotatable bonds is 2. The molecule has 1 aliphatic heterocycles. The van der Waals surface area contributed by atoms with Crippen LogP contribution in [0.15, 0.2) is 41.0 Å². The Bertz CT molecular complexity index is 1060. The fourth-order valence-electron chi connectivity index (χ4n) is 3.33. The van der Waals surface area contributed by atoms with Crippen LogP contribution in [0, 0.1) is 25.2 Å². The zero-order valence-electron chi connectivity index (χ0n) is 15.0. The highest BCUT2D eigenvalue weighted by atomic mass is 35.5. The molecule has 0 aliphatic carbocycles. The lowest BCUT2D eigenvalue weighted by Crippen LogP contribution is -2.23. The lowest BCUT2D eigenvalue weighted by Gasteiger charge is -2.27. The minimum atomic E-state index is -0.697. The summed E-state index contributed by atoms with van der Waals surface area (Å²) in [5.74, 6) is -0.548. The number of aromatic nitrogens is 1. The molecule has 0 fully saturated rings. The Balaban J connectivity index is 2.33. The van der Waals surface area contributed by atoms with Crippen molar-refractivity contribution in [2.24, 2.45) is 5.73 Å². The molecule has 5 nitrogen and oxygen atoms in total. The van der Waals surface area contributed by atoms with Crippen molar-refractivity contribution >= 4 is 28.3 Å². The Labute approximate surface area is 156 Å². The van der Waals surface area contributed by atoms with Crippen LogP contribution < -0.4 is 5.73 Å². The molecule has 0 amide bonds. The molecule has 0 bridgehead atoms. The number of nitriles is 1. The van der Waals surface area contributed by atoms with E-state index in [2.05, 4.69) is 11.1 Å². The molecule has 1 aromatic heterocycles. The first-order valence-corrected chi connectivity index (χ1v) is 8.49. The molecule has 0 saturated carbocycles. The number of aryl methyl sites for hydroxylation is 2. The zero-order valence-corrected chi connectivity index (χ0v) is 15.7. The van der Waals surface area contributed by atoms with Gasteiger partial charge in [0, 0.05) is 16.5 Å². The number of carbonyl (C=O) groups is 1. The Hall–Kier alpha value is -2.84. The lowest BCUT2D eigenvalue weighted by molar-refractivity contribution is -0.114. The van der Waals surface area contributed by atoms with E-state index in [4.69, 9.17) is 22.1 Å². The molecule has 0 saturated heterocycles. The van der Waals surface area contributed by atoms with Crippen LogP contribution in [0.3, 0.4) is 0 Å². The second-order valence-electron chi connectivity index (χ2n) is 6.40. The van der Waals surface area contributed by atoms with Crippen LogP contribution in [0.1, 0.15) is 36.5 Å². The fourth-order valence-corrected chi connectivity index (χ4v) is 3.57. The van der Waals surface area contributed by atoms with Crippen molar-refractivity contribution in [1.82, 2.24) is 4.98 Å². The van der Waals surface area contributed by atoms with Gasteiger partial charge < -0.3 is 10.5 Å². The van der Waals surface area contributed by atoms with E-state index in [1.807, 2.05) is 32.0 Å². The van der Waals surface area contributed by atoms with Crippen LogP contribution in [-0.2, 0) is 9.53 Å². The summed E-state index contributed by atoms with van der Waals surface area (Å²) >= 11 is 6.49. The second kappa shape index (κ2) is 6.47. The third-order valence-corrected chi connectivity index (χ3v) is 5.09. The number of pyridine rings is 1. The van der Waals surface area contributed by atoms with Crippen LogP contribution in [0.25, 0.3) is 10.9 Å². The molecule has 1 aliphatic rings. The summed E-state index contributed by atoms with van der Waals surface area (Å²) in [7, 11) is 0. The third-order valence-electron chi connectivity index (χ3n) is 4.79. The van der Waals surface area contributed by atoms with Gasteiger partial charge in [-0.1, -0.05) is 23.7 Å². The Morgan fingerprint density at radius 2 is 2.04 bits per heavy atom. The van der Waals surface area contributed by atoms with Gasteiger partial charge in [0.1, 0.15) is 22.6 Å². The van der Waals surface area contributed by atoms with Crippen LogP contribution >= 0.6 is 11.6 Å². The van der Waals surface area contributed by atoms with Crippen molar-refractivity contribution in [2.75, 3.05) is 0 Å². The highest BCUT2D eigenvalue weighted by molar-refractivity contribution is 6.31. The molecule has 26 heavy (non-hydrogen) atoms. The predicted molar refractivity (Wildman–Crippen MR) is 100 cm³/mol. The molecule has 2 aromatic rings. The maximum Gasteiger partial charge on any atom is 0.205 e. The number of fused-ring (bicyclic) bond motifs is 1. The molecule has 1 atom stereocenters. The second-order valence-corrected chi connectivity index (χ2v) is 6.76. The van der Waals surface area contributed by atoms with Crippen molar-refractivity contribution in [3.05, 3.63) is 62.8 Å². The summed E-state index contributed by atoms with van der Waals surface area (Å²) in [5.41, 5.74) is 9.94. The smallest absolute Gasteiger partial charge is 0.205 e. The first-order valence-electron chi connectivity index (χ1n) is 8.11. The number of hydrogen-bond donors (Lipinski definition) is 1. The first kappa shape index (κ1) is 18.0. The third kappa shape index (κ3) is 2.73. The molecule has 3 rings (SSSR count). The molecular weight excluding hydrogens is 350 g/mol. The van der Waals surface area contributed by atoms with Gasteiger partial charge in [-0.05, 0) is 44.9 Å². The lowest BCUT2D eigenvalue weighted by atomic mass is 9.81. The predicted octanol–water partition coefficient (Wildman–Crippen LogP) is 4.18. The van der Waals surface area contributed by atoms with E-state index in [1.54, 1.807) is 6.92 Å². The van der Waals surface area contributed by atoms with Crippen molar-refractivity contribution < 1.29 is 9.53 Å². The molecule has 2 N–H and O–H groups in total. The van der Waals surface area contributed by atoms with Gasteiger partial charge in [-0.25, -0.2) is 4.98 Å². The Morgan fingerprint density at radius 3 is 2.65 bits per heavy atom. The number of benzene rings is 1. The van der Waals surface area contributed by atoms with Crippen LogP contribution in [-0.4, -0.2) is 10.8 Å². The molecule has 1 aromatic carbocycles. The van der Waals surface area contributed by atoms with E-state index in [-0.39, 0.29) is 22.4 Å². The van der Waals surface area contributed by atoms with Gasteiger partial charge in [0.25, 0.3) is 0 Å². The number of carbonyl (C=O) groups excluding carboxylic acids is 1. The molecule has 6 heteroatoms. The average Bonchev–Trinajstić information content (AvgIpc) is 2.57. The quantitative estimate of drug-likeness (QED) is 0.804. The van der Waals surface area contributed by atoms with E-state index < -0.39 is 5.92 Å². The number of ketones is 1. The van der Waals surface area contributed by atoms with E-state index >= 15 is 0 Å². The highest BCUT2D eigenvalue weighted by Gasteiger charge is 2.35. The summed E-state index contributed by atoms with van der Waals surface area (Å²) in [6.45, 7) is 7.08. The van der Waals surface area contributed by atoms with Gasteiger partial charge in [-0.15, -0.1) is 0 Å². The number of allylic oxidation sites excluding steroid dienone is 3. The normalized spacial score (nSPS) is 17.3. The van der Waals surface area contributed by atoms with E-state index in [1.165, 1.54) is 6.92 Å². The zero-order chi connectivity index (χ0) is 19.2. The van der Waals surface area contributed by atoms with E-state index in [9.17, 15) is 10.1 Å². The van der Waals surface area contributed by atoms with Crippen molar-refractivity contribution in [3.63, 3.8) is 0 Å². The van der Waals surface area contributed by atoms with Gasteiger partial charge in [0.05, 0.1) is 11.4 Å². The number of Topliss-reactive ketones (excluding diaryl/α,β-unsaturated/α-hetero) is 1. The molecule has 0 spiro atoms. The summed E-state index contributed by atoms with van der Waals surface area (Å²) in [4.78, 5) is 16.8. The summed E-state index contributed by atoms with van der Waals surface area (Å²) in [6.07, 6.45) is 0. The molecular formula is C20H18ClN3O2. The van der Waals surface area contributed by atoms with Crippen LogP contribution in [0.2, 0.25) is 5.15 Å². The highest BCUT2D eigenvalue weighted by Crippen LogP contribution is 2.42. The first-order chi connectivity index (χ1) is 12.3. The largest absolute Gasteiger partial charge is 0.445 e. The topological polar surface area (TPSA) is 89.0 Å². The van der Waals surface area contributed by atoms with Gasteiger partial charge in [0.15, 0.2) is 5.78 Å². The number of hydrogen-bond acceptors (Lipinski definition) is 5. The maximum absolute atomic E-state index is 12.3. The van der Waals surface area contributed by atoms with E-state index in [0.717, 1.165) is 22.0 Å². The van der Waals surface area contributed by atoms with Gasteiger partial charge in [0.2, 0.25) is 5.88 Å². The minimum absolute atomic E-state index is 0.0174. The SMILES string of the molecule is CC(=O)C1=C(C)OC(N)=C(C#N)[C@@H]1c1cc2ccc(C)c(C)c2nc1Cl. The summed E-state index contributed by atoms with van der Waals surface area (Å²) < 4.78 is 5.41. The molecule has 0 radical (unpaired) electrons. The number of halogens is 1. The van der Waals surface area contributed by atoms with Crippen molar-refractivity contribution in [3.8, 4) is 6.07 Å². The fraction of sp³-hybridized carbons (Fsp3) is 0.250. The number of ether oxygens (including phenoxy) is 1. The van der Waals surface area contributed by atoms with Crippen molar-refractivity contribution in [2.45, 2.75) is 33.6 Å². The number of nitrogens with two attached hydrogens (primary N) is 1. The van der Waals surface area contributed by atoms with Gasteiger partial charge in [-0.2, -0.15) is 5.26 Å². The van der Waals surface area contributed by atoms with Crippen molar-refractivity contribution in [1.29, 1.82) is 5.26 Å². The summed E-state index contributed by atoms with van der Waals surface area (Å²) in [6, 6.07) is 7.88. The minimum Gasteiger partial charge on any atom is -0.445 e. The van der Waals surface area contributed by atoms with E-state index in [0.29, 0.717) is 16.9 Å². The molecule has 2 heterocycles. The van der Waals surface area contributed by atoms with Gasteiger partial charge >= 0.3 is 0 Å². The molecule has 132 valence electrons. The van der Waals surface area contributed by atoms with Crippen LogP contribution in [0.4, 0.5) is 0 Å². The Kier molecular flexibility index (Phi) is 4.47.